The molecule has 6 rings (SSSR count). The minimum Gasteiger partial charge on any atom is -0.370 e. The van der Waals surface area contributed by atoms with Crippen molar-refractivity contribution in [3.63, 3.8) is 0 Å². The number of alkyl halides is 3. The number of nitrogens with one attached hydrogen (secondary N) is 2. The van der Waals surface area contributed by atoms with Crippen molar-refractivity contribution in [3.8, 4) is 0 Å². The maximum Gasteiger partial charge on any atom is 0.403 e. The van der Waals surface area contributed by atoms with Gasteiger partial charge in [-0.1, -0.05) is 18.2 Å². The van der Waals surface area contributed by atoms with Gasteiger partial charge in [-0.3, -0.25) is 34.9 Å². The Labute approximate surface area is 224 Å². The third-order valence-electron chi connectivity index (χ3n) is 8.16. The maximum absolute atomic E-state index is 13.5. The van der Waals surface area contributed by atoms with Crippen LogP contribution in [0.15, 0.2) is 40.3 Å². The standard InChI is InChI=1S/C22H25F3N10O5/c23-22(24,25)20(6-7-20)16(37)29-13-9-34-18(27)28-12(15-21(34,35(13,39)40)31-17(26)30-15)8-33-14(36)10-32(19(33)38)11-4-2-1-3-5-11/h1-5,12-13,15,39-40H,6-10H2,(H5-,26,27,28,29,30,31,37)/p+1/t12-,13+,15?,21?/m0/s1. The molecule has 2 unspecified atom stereocenters. The molecule has 4 amide bonds. The average Bonchev–Trinajstić information content (AvgIpc) is 3.52. The largest absolute Gasteiger partial charge is 0.403 e. The first-order chi connectivity index (χ1) is 18.7. The van der Waals surface area contributed by atoms with E-state index in [-0.39, 0.29) is 25.0 Å². The van der Waals surface area contributed by atoms with Gasteiger partial charge in [0.15, 0.2) is 18.0 Å². The van der Waals surface area contributed by atoms with Crippen LogP contribution in [0.25, 0.3) is 0 Å². The molecule has 4 aliphatic heterocycles. The van der Waals surface area contributed by atoms with E-state index in [0.29, 0.717) is 5.69 Å². The summed E-state index contributed by atoms with van der Waals surface area (Å²) in [6, 6.07) is 5.41. The Morgan fingerprint density at radius 1 is 1.18 bits per heavy atom. The van der Waals surface area contributed by atoms with Crippen LogP contribution in [0, 0.1) is 5.41 Å². The second kappa shape index (κ2) is 8.18. The number of amides is 4. The van der Waals surface area contributed by atoms with Gasteiger partial charge < -0.3 is 11.5 Å². The molecular formula is C22H26F3N10O5+. The number of quaternary nitrogens is 1. The Morgan fingerprint density at radius 3 is 2.48 bits per heavy atom. The third-order valence-corrected chi connectivity index (χ3v) is 8.16. The molecular weight excluding hydrogens is 541 g/mol. The molecule has 1 aliphatic carbocycles. The molecule has 4 atom stereocenters. The Hall–Kier alpha value is -4.16. The molecule has 1 aromatic rings. The summed E-state index contributed by atoms with van der Waals surface area (Å²) in [5, 5.41) is 27.5. The highest BCUT2D eigenvalue weighted by Gasteiger charge is 2.78. The van der Waals surface area contributed by atoms with E-state index in [0.717, 1.165) is 9.80 Å². The number of guanidine groups is 2. The van der Waals surface area contributed by atoms with Crippen molar-refractivity contribution < 1.29 is 42.8 Å². The van der Waals surface area contributed by atoms with Gasteiger partial charge in [-0.15, -0.1) is 0 Å². The molecule has 1 aromatic carbocycles. The first-order valence-corrected chi connectivity index (χ1v) is 12.3. The summed E-state index contributed by atoms with van der Waals surface area (Å²) in [5.41, 5.74) is 9.96. The number of anilines is 1. The number of benzene rings is 1. The Kier molecular flexibility index (Phi) is 5.33. The second-order valence-corrected chi connectivity index (χ2v) is 10.4. The molecule has 40 heavy (non-hydrogen) atoms. The topological polar surface area (TPSA) is 202 Å². The number of carbonyl (C=O) groups is 3. The van der Waals surface area contributed by atoms with Crippen molar-refractivity contribution in [1.29, 1.82) is 0 Å². The van der Waals surface area contributed by atoms with Crippen LogP contribution < -0.4 is 27.0 Å². The highest BCUT2D eigenvalue weighted by molar-refractivity contribution is 6.12. The van der Waals surface area contributed by atoms with Gasteiger partial charge in [0, 0.05) is 10.5 Å². The van der Waals surface area contributed by atoms with Crippen LogP contribution in [-0.4, -0.2) is 105 Å². The molecule has 0 bridgehead atoms. The molecule has 1 saturated carbocycles. The van der Waals surface area contributed by atoms with E-state index in [9.17, 15) is 38.0 Å². The number of carbonyl (C=O) groups excluding carboxylic acids is 3. The molecule has 18 heteroatoms. The quantitative estimate of drug-likeness (QED) is 0.186. The monoisotopic (exact) mass is 567 g/mol. The van der Waals surface area contributed by atoms with Crippen LogP contribution in [0.4, 0.5) is 23.7 Å². The van der Waals surface area contributed by atoms with Crippen molar-refractivity contribution in [2.45, 2.75) is 43.1 Å². The zero-order chi connectivity index (χ0) is 28.8. The molecule has 8 N–H and O–H groups in total. The van der Waals surface area contributed by atoms with E-state index in [2.05, 4.69) is 20.6 Å². The minimum atomic E-state index is -4.82. The summed E-state index contributed by atoms with van der Waals surface area (Å²) >= 11 is 0. The van der Waals surface area contributed by atoms with E-state index in [1.807, 2.05) is 0 Å². The van der Waals surface area contributed by atoms with Crippen molar-refractivity contribution >= 4 is 35.5 Å². The van der Waals surface area contributed by atoms with Gasteiger partial charge in [0.1, 0.15) is 24.5 Å². The number of hydroxylamine groups is 4. The summed E-state index contributed by atoms with van der Waals surface area (Å²) in [4.78, 5) is 48.5. The van der Waals surface area contributed by atoms with Crippen LogP contribution in [0.1, 0.15) is 12.8 Å². The van der Waals surface area contributed by atoms with Gasteiger partial charge in [0.25, 0.3) is 5.91 Å². The van der Waals surface area contributed by atoms with Crippen molar-refractivity contribution in [3.05, 3.63) is 30.3 Å². The van der Waals surface area contributed by atoms with E-state index in [1.54, 1.807) is 30.3 Å². The third kappa shape index (κ3) is 3.38. The minimum absolute atomic E-state index is 0.241. The lowest BCUT2D eigenvalue weighted by Gasteiger charge is -2.45. The lowest BCUT2D eigenvalue weighted by Crippen LogP contribution is -2.80. The molecule has 5 aliphatic rings. The number of imide groups is 1. The number of rotatable bonds is 5. The Bertz CT molecular complexity index is 1350. The maximum atomic E-state index is 13.5. The van der Waals surface area contributed by atoms with Crippen molar-refractivity contribution in [1.82, 2.24) is 20.4 Å². The first-order valence-electron chi connectivity index (χ1n) is 12.3. The molecule has 1 spiro atoms. The van der Waals surface area contributed by atoms with E-state index in [1.165, 1.54) is 4.90 Å². The zero-order valence-corrected chi connectivity index (χ0v) is 20.7. The van der Waals surface area contributed by atoms with Crippen molar-refractivity contribution in [2.24, 2.45) is 26.9 Å². The molecule has 0 aromatic heterocycles. The highest BCUT2D eigenvalue weighted by atomic mass is 19.4. The lowest BCUT2D eigenvalue weighted by atomic mass is 9.98. The number of aliphatic imine (C=N–C) groups is 2. The summed E-state index contributed by atoms with van der Waals surface area (Å²) in [6.07, 6.45) is -7.40. The highest BCUT2D eigenvalue weighted by Crippen LogP contribution is 2.58. The van der Waals surface area contributed by atoms with Crippen LogP contribution in [-0.2, 0) is 9.59 Å². The predicted octanol–water partition coefficient (Wildman–Crippen LogP) is -1.21. The van der Waals surface area contributed by atoms with Crippen LogP contribution >= 0.6 is 0 Å². The van der Waals surface area contributed by atoms with Crippen LogP contribution in [0.2, 0.25) is 0 Å². The summed E-state index contributed by atoms with van der Waals surface area (Å²) < 4.78 is 40.6. The molecule has 214 valence electrons. The van der Waals surface area contributed by atoms with Crippen LogP contribution in [0.3, 0.4) is 0 Å². The molecule has 4 heterocycles. The lowest BCUT2D eigenvalue weighted by molar-refractivity contribution is -1.29. The number of nitrogens with zero attached hydrogens (tertiary/aromatic N) is 6. The Balaban J connectivity index is 1.28. The summed E-state index contributed by atoms with van der Waals surface area (Å²) in [6.45, 7) is -1.07. The van der Waals surface area contributed by atoms with Gasteiger partial charge >= 0.3 is 18.0 Å². The summed E-state index contributed by atoms with van der Waals surface area (Å²) in [7, 11) is 0. The average molecular weight is 568 g/mol. The summed E-state index contributed by atoms with van der Waals surface area (Å²) in [5.74, 6) is -4.65. The SMILES string of the molecule is NC1=NC2[C@H](CN3C(=O)CN(c4ccccc4)C3=O)N=C(N)N3C[C@H](NC(=O)C4(C(F)(F)F)CC4)[N+](O)(O)C23N1. The Morgan fingerprint density at radius 2 is 1.85 bits per heavy atom. The number of halogens is 3. The van der Waals surface area contributed by atoms with Gasteiger partial charge in [-0.25, -0.2) is 14.8 Å². The van der Waals surface area contributed by atoms with Gasteiger partial charge in [-0.2, -0.15) is 23.6 Å². The van der Waals surface area contributed by atoms with Crippen LogP contribution in [0.5, 0.6) is 0 Å². The van der Waals surface area contributed by atoms with E-state index >= 15 is 0 Å². The fraction of sp³-hybridized carbons (Fsp3) is 0.500. The van der Waals surface area contributed by atoms with Gasteiger partial charge in [-0.05, 0) is 25.0 Å². The zero-order valence-electron chi connectivity index (χ0n) is 20.7. The molecule has 0 radical (unpaired) electrons. The molecule has 15 nitrogen and oxygen atoms in total. The predicted molar refractivity (Wildman–Crippen MR) is 128 cm³/mol. The number of para-hydroxylation sites is 1. The van der Waals surface area contributed by atoms with Gasteiger partial charge in [0.2, 0.25) is 12.1 Å². The van der Waals surface area contributed by atoms with E-state index < -0.39 is 77.7 Å². The number of urea groups is 1. The molecule has 2 saturated heterocycles. The number of hydrogen-bond donors (Lipinski definition) is 6. The fourth-order valence-electron chi connectivity index (χ4n) is 5.86. The fourth-order valence-corrected chi connectivity index (χ4v) is 5.86. The van der Waals surface area contributed by atoms with E-state index in [4.69, 9.17) is 11.5 Å². The second-order valence-electron chi connectivity index (χ2n) is 10.4. The number of hydrogen-bond acceptors (Lipinski definition) is 11. The van der Waals surface area contributed by atoms with Gasteiger partial charge in [0.05, 0.1) is 6.54 Å². The number of nitrogens with two attached hydrogens (primary N) is 2. The molecule has 3 fully saturated rings. The first kappa shape index (κ1) is 26.1. The van der Waals surface area contributed by atoms with Crippen molar-refractivity contribution in [2.75, 3.05) is 24.5 Å². The normalized spacial score (nSPS) is 31.8. The smallest absolute Gasteiger partial charge is 0.370 e.